The fourth-order valence-corrected chi connectivity index (χ4v) is 4.20. The van der Waals surface area contributed by atoms with Crippen molar-refractivity contribution in [3.63, 3.8) is 0 Å². The second-order valence-electron chi connectivity index (χ2n) is 7.76. The average molecular weight is 434 g/mol. The zero-order valence-electron chi connectivity index (χ0n) is 17.8. The Morgan fingerprint density at radius 2 is 1.50 bits per heavy atom. The van der Waals surface area contributed by atoms with Crippen molar-refractivity contribution in [2.75, 3.05) is 53.5 Å². The van der Waals surface area contributed by atoms with E-state index in [2.05, 4.69) is 27.2 Å². The van der Waals surface area contributed by atoms with Crippen LogP contribution < -0.4 is 19.5 Å². The van der Waals surface area contributed by atoms with Gasteiger partial charge in [0.15, 0.2) is 0 Å². The minimum absolute atomic E-state index is 0. The maximum Gasteiger partial charge on any atom is 0.134 e. The highest BCUT2D eigenvalue weighted by atomic mass is 35.5. The molecule has 2 aromatic carbocycles. The highest BCUT2D eigenvalue weighted by Gasteiger charge is 2.28. The third-order valence-corrected chi connectivity index (χ3v) is 5.81. The molecule has 2 aliphatic rings. The Morgan fingerprint density at radius 3 is 2.13 bits per heavy atom. The Kier molecular flexibility index (Phi) is 8.22. The molecule has 2 saturated heterocycles. The van der Waals surface area contributed by atoms with E-state index in [1.54, 1.807) is 14.2 Å². The van der Waals surface area contributed by atoms with Crippen molar-refractivity contribution in [3.8, 4) is 23.0 Å². The van der Waals surface area contributed by atoms with Gasteiger partial charge in [0, 0.05) is 70.1 Å². The number of likely N-dealkylation sites (tertiary alicyclic amines) is 1. The number of rotatable bonds is 7. The van der Waals surface area contributed by atoms with Crippen LogP contribution >= 0.6 is 12.4 Å². The topological polar surface area (TPSA) is 46.2 Å². The van der Waals surface area contributed by atoms with Crippen LogP contribution in [0.3, 0.4) is 0 Å². The second kappa shape index (κ2) is 10.9. The van der Waals surface area contributed by atoms with Crippen LogP contribution in [-0.4, -0.2) is 69.3 Å². The highest BCUT2D eigenvalue weighted by molar-refractivity contribution is 5.85. The van der Waals surface area contributed by atoms with E-state index in [9.17, 15) is 0 Å². The zero-order chi connectivity index (χ0) is 20.1. The molecule has 164 valence electrons. The molecule has 2 aromatic rings. The van der Waals surface area contributed by atoms with Crippen LogP contribution in [0.15, 0.2) is 42.5 Å². The van der Waals surface area contributed by atoms with E-state index in [-0.39, 0.29) is 12.4 Å². The van der Waals surface area contributed by atoms with Gasteiger partial charge in [-0.3, -0.25) is 9.80 Å². The number of ether oxygens (including phenoxy) is 3. The highest BCUT2D eigenvalue weighted by Crippen LogP contribution is 2.31. The minimum atomic E-state index is 0. The molecule has 0 radical (unpaired) electrons. The van der Waals surface area contributed by atoms with Crippen LogP contribution in [0.1, 0.15) is 12.0 Å². The molecule has 2 fully saturated rings. The Morgan fingerprint density at radius 1 is 0.867 bits per heavy atom. The molecule has 4 rings (SSSR count). The second-order valence-corrected chi connectivity index (χ2v) is 7.76. The molecular formula is C23H32ClN3O3. The number of nitrogens with zero attached hydrogens (tertiary/aromatic N) is 2. The van der Waals surface area contributed by atoms with Gasteiger partial charge < -0.3 is 19.5 Å². The maximum absolute atomic E-state index is 6.00. The fourth-order valence-electron chi connectivity index (χ4n) is 4.20. The summed E-state index contributed by atoms with van der Waals surface area (Å²) >= 11 is 0. The smallest absolute Gasteiger partial charge is 0.134 e. The molecule has 0 bridgehead atoms. The van der Waals surface area contributed by atoms with Gasteiger partial charge in [-0.05, 0) is 24.1 Å². The summed E-state index contributed by atoms with van der Waals surface area (Å²) in [7, 11) is 3.27. The molecule has 6 nitrogen and oxygen atoms in total. The monoisotopic (exact) mass is 433 g/mol. The van der Waals surface area contributed by atoms with E-state index in [1.165, 1.54) is 38.2 Å². The van der Waals surface area contributed by atoms with E-state index >= 15 is 0 Å². The van der Waals surface area contributed by atoms with Crippen molar-refractivity contribution in [2.24, 2.45) is 0 Å². The van der Waals surface area contributed by atoms with Crippen molar-refractivity contribution in [1.29, 1.82) is 0 Å². The first-order valence-corrected chi connectivity index (χ1v) is 10.4. The predicted octanol–water partition coefficient (Wildman–Crippen LogP) is 3.40. The van der Waals surface area contributed by atoms with Crippen LogP contribution in [0.25, 0.3) is 0 Å². The SMILES string of the molecule is COc1cc(OC)cc(Oc2ccc(CN3CCC(N4CCNCC4)C3)cc2)c1.Cl. The molecule has 0 saturated carbocycles. The first-order valence-electron chi connectivity index (χ1n) is 10.4. The summed E-state index contributed by atoms with van der Waals surface area (Å²) in [4.78, 5) is 5.21. The molecule has 1 N–H and O–H groups in total. The van der Waals surface area contributed by atoms with E-state index < -0.39 is 0 Å². The summed E-state index contributed by atoms with van der Waals surface area (Å²) in [5.74, 6) is 2.93. The van der Waals surface area contributed by atoms with Gasteiger partial charge in [-0.15, -0.1) is 12.4 Å². The summed E-state index contributed by atoms with van der Waals surface area (Å²) in [6.45, 7) is 7.95. The van der Waals surface area contributed by atoms with E-state index in [0.29, 0.717) is 23.3 Å². The number of piperazine rings is 1. The van der Waals surface area contributed by atoms with E-state index in [4.69, 9.17) is 14.2 Å². The molecule has 7 heteroatoms. The number of hydrogen-bond donors (Lipinski definition) is 1. The summed E-state index contributed by atoms with van der Waals surface area (Å²) in [6.07, 6.45) is 1.28. The van der Waals surface area contributed by atoms with Crippen LogP contribution in [0, 0.1) is 0 Å². The number of benzene rings is 2. The van der Waals surface area contributed by atoms with Crippen molar-refractivity contribution in [3.05, 3.63) is 48.0 Å². The molecule has 0 amide bonds. The van der Waals surface area contributed by atoms with E-state index in [1.807, 2.05) is 30.3 Å². The first-order chi connectivity index (χ1) is 14.2. The van der Waals surface area contributed by atoms with Gasteiger partial charge in [0.1, 0.15) is 23.0 Å². The minimum Gasteiger partial charge on any atom is -0.496 e. The van der Waals surface area contributed by atoms with Gasteiger partial charge in [0.05, 0.1) is 14.2 Å². The van der Waals surface area contributed by atoms with Crippen molar-refractivity contribution in [2.45, 2.75) is 19.0 Å². The van der Waals surface area contributed by atoms with E-state index in [0.717, 1.165) is 25.4 Å². The van der Waals surface area contributed by atoms with Gasteiger partial charge in [-0.1, -0.05) is 12.1 Å². The molecule has 1 unspecified atom stereocenters. The Bertz CT molecular complexity index is 775. The number of hydrogen-bond acceptors (Lipinski definition) is 6. The molecule has 0 spiro atoms. The lowest BCUT2D eigenvalue weighted by Gasteiger charge is -2.32. The van der Waals surface area contributed by atoms with Crippen molar-refractivity contribution < 1.29 is 14.2 Å². The Hall–Kier alpha value is -1.99. The third-order valence-electron chi connectivity index (χ3n) is 5.81. The maximum atomic E-state index is 6.00. The predicted molar refractivity (Wildman–Crippen MR) is 121 cm³/mol. The Labute approximate surface area is 185 Å². The lowest BCUT2D eigenvalue weighted by Crippen LogP contribution is -2.49. The molecular weight excluding hydrogens is 402 g/mol. The van der Waals surface area contributed by atoms with Crippen LogP contribution in [0.4, 0.5) is 0 Å². The number of nitrogens with one attached hydrogen (secondary N) is 1. The van der Waals surface area contributed by atoms with Crippen LogP contribution in [0.5, 0.6) is 23.0 Å². The number of methoxy groups -OCH3 is 2. The summed E-state index contributed by atoms with van der Waals surface area (Å²) in [5.41, 5.74) is 1.32. The average Bonchev–Trinajstić information content (AvgIpc) is 3.24. The molecule has 2 heterocycles. The fraction of sp³-hybridized carbons (Fsp3) is 0.478. The van der Waals surface area contributed by atoms with Crippen molar-refractivity contribution in [1.82, 2.24) is 15.1 Å². The van der Waals surface area contributed by atoms with Gasteiger partial charge in [-0.2, -0.15) is 0 Å². The molecule has 30 heavy (non-hydrogen) atoms. The largest absolute Gasteiger partial charge is 0.496 e. The van der Waals surface area contributed by atoms with Crippen LogP contribution in [0.2, 0.25) is 0 Å². The van der Waals surface area contributed by atoms with Crippen LogP contribution in [-0.2, 0) is 6.54 Å². The zero-order valence-corrected chi connectivity index (χ0v) is 18.6. The molecule has 2 aliphatic heterocycles. The van der Waals surface area contributed by atoms with Gasteiger partial charge in [-0.25, -0.2) is 0 Å². The third kappa shape index (κ3) is 5.79. The molecule has 1 atom stereocenters. The summed E-state index contributed by atoms with van der Waals surface area (Å²) < 4.78 is 16.6. The normalized spacial score (nSPS) is 19.9. The van der Waals surface area contributed by atoms with Gasteiger partial charge >= 0.3 is 0 Å². The van der Waals surface area contributed by atoms with Crippen molar-refractivity contribution >= 4 is 12.4 Å². The lowest BCUT2D eigenvalue weighted by atomic mass is 10.2. The first kappa shape index (κ1) is 22.7. The lowest BCUT2D eigenvalue weighted by molar-refractivity contribution is 0.170. The van der Waals surface area contributed by atoms with Gasteiger partial charge in [0.25, 0.3) is 0 Å². The number of halogens is 1. The molecule has 0 aliphatic carbocycles. The standard InChI is InChI=1S/C23H31N3O3.ClH/c1-27-21-13-22(28-2)15-23(14-21)29-20-5-3-18(4-6-20)16-25-10-7-19(17-25)26-11-8-24-9-12-26;/h3-6,13-15,19,24H,7-12,16-17H2,1-2H3;1H. The Balaban J connectivity index is 0.00000256. The quantitative estimate of drug-likeness (QED) is 0.722. The summed E-state index contributed by atoms with van der Waals surface area (Å²) in [6, 6.07) is 14.6. The molecule has 0 aromatic heterocycles. The van der Waals surface area contributed by atoms with Gasteiger partial charge in [0.2, 0.25) is 0 Å². The summed E-state index contributed by atoms with van der Waals surface area (Å²) in [5, 5.41) is 3.44.